The number of nitrogens with one attached hydrogen (secondary N) is 1. The maximum Gasteiger partial charge on any atom is 0.412 e. The molecule has 0 saturated heterocycles. The number of ether oxygens (including phenoxy) is 1. The SMILES string of the molecule is Cc1ccc(-c2nc(C)c(NC(=O)OCc3ccc4c(c3)nc(C)n4C)s2)c(C)c1. The highest BCUT2D eigenvalue weighted by Crippen LogP contribution is 2.34. The number of thiazole rings is 1. The van der Waals surface area contributed by atoms with Gasteiger partial charge in [0.1, 0.15) is 22.4 Å². The van der Waals surface area contributed by atoms with E-state index in [4.69, 9.17) is 4.74 Å². The van der Waals surface area contributed by atoms with Gasteiger partial charge in [0.2, 0.25) is 0 Å². The second-order valence-corrected chi connectivity index (χ2v) is 8.49. The van der Waals surface area contributed by atoms with Crippen molar-refractivity contribution in [2.24, 2.45) is 7.05 Å². The zero-order valence-corrected chi connectivity index (χ0v) is 18.6. The standard InChI is InChI=1S/C23H24N4O2S/c1-13-6-8-18(14(2)10-13)22-24-15(3)21(30-22)26-23(28)29-12-17-7-9-20-19(11-17)25-16(4)27(20)5/h6-11H,12H2,1-5H3,(H,26,28). The summed E-state index contributed by atoms with van der Waals surface area (Å²) < 4.78 is 7.46. The molecule has 0 saturated carbocycles. The van der Waals surface area contributed by atoms with Gasteiger partial charge in [-0.1, -0.05) is 41.2 Å². The highest BCUT2D eigenvalue weighted by Gasteiger charge is 2.14. The molecule has 0 aliphatic carbocycles. The summed E-state index contributed by atoms with van der Waals surface area (Å²) in [6, 6.07) is 12.2. The van der Waals surface area contributed by atoms with E-state index >= 15 is 0 Å². The Morgan fingerprint density at radius 2 is 1.90 bits per heavy atom. The normalized spacial score (nSPS) is 11.1. The Bertz CT molecular complexity index is 1260. The predicted molar refractivity (Wildman–Crippen MR) is 121 cm³/mol. The van der Waals surface area contributed by atoms with Crippen molar-refractivity contribution in [2.75, 3.05) is 5.32 Å². The highest BCUT2D eigenvalue weighted by molar-refractivity contribution is 7.19. The molecule has 2 aromatic carbocycles. The minimum Gasteiger partial charge on any atom is -0.444 e. The molecule has 2 aromatic heterocycles. The van der Waals surface area contributed by atoms with E-state index in [0.29, 0.717) is 5.00 Å². The van der Waals surface area contributed by atoms with Crippen molar-refractivity contribution < 1.29 is 9.53 Å². The first-order chi connectivity index (χ1) is 14.3. The van der Waals surface area contributed by atoms with Crippen LogP contribution < -0.4 is 5.32 Å². The number of benzene rings is 2. The second-order valence-electron chi connectivity index (χ2n) is 7.49. The first kappa shape index (κ1) is 20.1. The van der Waals surface area contributed by atoms with E-state index in [1.807, 2.05) is 43.7 Å². The van der Waals surface area contributed by atoms with Crippen LogP contribution in [0.3, 0.4) is 0 Å². The van der Waals surface area contributed by atoms with E-state index < -0.39 is 6.09 Å². The van der Waals surface area contributed by atoms with Crippen molar-refractivity contribution in [3.05, 3.63) is 64.6 Å². The van der Waals surface area contributed by atoms with Crippen LogP contribution in [0.2, 0.25) is 0 Å². The van der Waals surface area contributed by atoms with Crippen LogP contribution >= 0.6 is 11.3 Å². The average molecular weight is 421 g/mol. The van der Waals surface area contributed by atoms with Gasteiger partial charge in [0, 0.05) is 12.6 Å². The predicted octanol–water partition coefficient (Wildman–Crippen LogP) is 5.68. The lowest BCUT2D eigenvalue weighted by Gasteiger charge is -2.06. The third-order valence-electron chi connectivity index (χ3n) is 5.16. The number of hydrogen-bond acceptors (Lipinski definition) is 5. The monoisotopic (exact) mass is 420 g/mol. The molecule has 2 heterocycles. The van der Waals surface area contributed by atoms with Crippen LogP contribution in [0.1, 0.15) is 28.2 Å². The van der Waals surface area contributed by atoms with Crippen LogP contribution in [0, 0.1) is 27.7 Å². The van der Waals surface area contributed by atoms with Crippen molar-refractivity contribution in [3.63, 3.8) is 0 Å². The number of carbonyl (C=O) groups is 1. The molecule has 0 aliphatic rings. The van der Waals surface area contributed by atoms with Crippen molar-refractivity contribution in [2.45, 2.75) is 34.3 Å². The minimum absolute atomic E-state index is 0.180. The zero-order chi connectivity index (χ0) is 21.4. The molecule has 0 unspecified atom stereocenters. The summed E-state index contributed by atoms with van der Waals surface area (Å²) in [5.74, 6) is 0.945. The van der Waals surface area contributed by atoms with E-state index in [1.54, 1.807) is 0 Å². The molecule has 0 aliphatic heterocycles. The molecule has 6 nitrogen and oxygen atoms in total. The molecule has 4 rings (SSSR count). The van der Waals surface area contributed by atoms with Gasteiger partial charge in [0.25, 0.3) is 0 Å². The van der Waals surface area contributed by atoms with Crippen LogP contribution in [0.4, 0.5) is 9.80 Å². The van der Waals surface area contributed by atoms with Gasteiger partial charge in [-0.15, -0.1) is 0 Å². The molecule has 0 bridgehead atoms. The number of aromatic nitrogens is 3. The van der Waals surface area contributed by atoms with Gasteiger partial charge in [0.05, 0.1) is 16.7 Å². The van der Waals surface area contributed by atoms with Gasteiger partial charge in [-0.05, 0) is 51.0 Å². The number of amides is 1. The molecule has 7 heteroatoms. The van der Waals surface area contributed by atoms with Crippen LogP contribution in [-0.4, -0.2) is 20.6 Å². The fourth-order valence-corrected chi connectivity index (χ4v) is 4.46. The van der Waals surface area contributed by atoms with Crippen molar-refractivity contribution in [3.8, 4) is 10.6 Å². The molecule has 30 heavy (non-hydrogen) atoms. The molecule has 0 spiro atoms. The Labute approximate surface area is 179 Å². The quantitative estimate of drug-likeness (QED) is 0.461. The van der Waals surface area contributed by atoms with Crippen molar-refractivity contribution >= 4 is 33.5 Å². The Morgan fingerprint density at radius 3 is 2.67 bits per heavy atom. The first-order valence-electron chi connectivity index (χ1n) is 9.72. The van der Waals surface area contributed by atoms with Crippen LogP contribution in [0.5, 0.6) is 0 Å². The molecule has 0 radical (unpaired) electrons. The second kappa shape index (κ2) is 7.91. The van der Waals surface area contributed by atoms with Crippen molar-refractivity contribution in [1.82, 2.24) is 14.5 Å². The summed E-state index contributed by atoms with van der Waals surface area (Å²) in [6.45, 7) is 8.17. The van der Waals surface area contributed by atoms with E-state index in [0.717, 1.165) is 44.2 Å². The van der Waals surface area contributed by atoms with Gasteiger partial charge < -0.3 is 9.30 Å². The lowest BCUT2D eigenvalue weighted by molar-refractivity contribution is 0.155. The third-order valence-corrected chi connectivity index (χ3v) is 6.27. The summed E-state index contributed by atoms with van der Waals surface area (Å²) in [5.41, 5.74) is 7.08. The topological polar surface area (TPSA) is 69.0 Å². The number of imidazole rings is 1. The summed E-state index contributed by atoms with van der Waals surface area (Å²) in [5, 5.41) is 4.41. The molecular weight excluding hydrogens is 396 g/mol. The summed E-state index contributed by atoms with van der Waals surface area (Å²) in [4.78, 5) is 21.5. The lowest BCUT2D eigenvalue weighted by Crippen LogP contribution is -2.13. The maximum absolute atomic E-state index is 12.3. The number of nitrogens with zero attached hydrogens (tertiary/aromatic N) is 3. The summed E-state index contributed by atoms with van der Waals surface area (Å²) >= 11 is 1.45. The number of carbonyl (C=O) groups excluding carboxylic acids is 1. The lowest BCUT2D eigenvalue weighted by atomic mass is 10.1. The van der Waals surface area contributed by atoms with E-state index in [9.17, 15) is 4.79 Å². The average Bonchev–Trinajstić information content (AvgIpc) is 3.19. The van der Waals surface area contributed by atoms with Gasteiger partial charge in [-0.25, -0.2) is 14.8 Å². The summed E-state index contributed by atoms with van der Waals surface area (Å²) in [7, 11) is 1.98. The van der Waals surface area contributed by atoms with Gasteiger partial charge in [-0.3, -0.25) is 5.32 Å². The first-order valence-corrected chi connectivity index (χ1v) is 10.5. The summed E-state index contributed by atoms with van der Waals surface area (Å²) in [6.07, 6.45) is -0.494. The number of anilines is 1. The third kappa shape index (κ3) is 3.93. The molecular formula is C23H24N4O2S. The van der Waals surface area contributed by atoms with Crippen LogP contribution in [0.25, 0.3) is 21.6 Å². The van der Waals surface area contributed by atoms with Gasteiger partial charge in [-0.2, -0.15) is 0 Å². The van der Waals surface area contributed by atoms with Gasteiger partial charge >= 0.3 is 6.09 Å². The number of rotatable bonds is 4. The van der Waals surface area contributed by atoms with E-state index in [-0.39, 0.29) is 6.61 Å². The fraction of sp³-hybridized carbons (Fsp3) is 0.261. The van der Waals surface area contributed by atoms with Gasteiger partial charge in [0.15, 0.2) is 0 Å². The Balaban J connectivity index is 1.43. The fourth-order valence-electron chi connectivity index (χ4n) is 3.41. The minimum atomic E-state index is -0.494. The Hall–Kier alpha value is -3.19. The van der Waals surface area contributed by atoms with E-state index in [1.165, 1.54) is 16.9 Å². The number of aryl methyl sites for hydroxylation is 5. The van der Waals surface area contributed by atoms with Crippen LogP contribution in [0.15, 0.2) is 36.4 Å². The maximum atomic E-state index is 12.3. The van der Waals surface area contributed by atoms with E-state index in [2.05, 4.69) is 47.3 Å². The molecule has 154 valence electrons. The molecule has 1 N–H and O–H groups in total. The zero-order valence-electron chi connectivity index (χ0n) is 17.7. The van der Waals surface area contributed by atoms with Crippen LogP contribution in [-0.2, 0) is 18.4 Å². The largest absolute Gasteiger partial charge is 0.444 e. The van der Waals surface area contributed by atoms with Crippen molar-refractivity contribution in [1.29, 1.82) is 0 Å². The molecule has 0 atom stereocenters. The highest BCUT2D eigenvalue weighted by atomic mass is 32.1. The molecule has 0 fully saturated rings. The number of fused-ring (bicyclic) bond motifs is 1. The Kier molecular flexibility index (Phi) is 5.30. The smallest absolute Gasteiger partial charge is 0.412 e. The molecule has 1 amide bonds. The number of hydrogen-bond donors (Lipinski definition) is 1. The molecule has 4 aromatic rings. The Morgan fingerprint density at radius 1 is 1.10 bits per heavy atom.